The molecule has 0 atom stereocenters. The molecular formula is C18H20N2O5. The van der Waals surface area contributed by atoms with Gasteiger partial charge in [-0.2, -0.15) is 0 Å². The molecule has 7 heteroatoms. The Morgan fingerprint density at radius 3 is 2.28 bits per heavy atom. The number of carbonyl (C=O) groups is 2. The van der Waals surface area contributed by atoms with E-state index < -0.39 is 5.97 Å². The number of methoxy groups -OCH3 is 2. The number of para-hydroxylation sites is 2. The number of carbonyl (C=O) groups excluding carboxylic acids is 2. The van der Waals surface area contributed by atoms with Gasteiger partial charge in [0.05, 0.1) is 26.3 Å². The van der Waals surface area contributed by atoms with Gasteiger partial charge >= 0.3 is 12.0 Å². The molecule has 2 aromatic rings. The summed E-state index contributed by atoms with van der Waals surface area (Å²) in [6, 6.07) is 13.3. The van der Waals surface area contributed by atoms with Gasteiger partial charge in [0.25, 0.3) is 0 Å². The third-order valence-electron chi connectivity index (χ3n) is 3.28. The van der Waals surface area contributed by atoms with Crippen molar-refractivity contribution in [2.45, 2.75) is 0 Å². The van der Waals surface area contributed by atoms with Crippen molar-refractivity contribution in [3.8, 4) is 11.5 Å². The van der Waals surface area contributed by atoms with Crippen LogP contribution >= 0.6 is 0 Å². The zero-order chi connectivity index (χ0) is 18.1. The summed E-state index contributed by atoms with van der Waals surface area (Å²) in [5.74, 6) is 0.827. The molecule has 0 fully saturated rings. The van der Waals surface area contributed by atoms with Crippen LogP contribution in [0.2, 0.25) is 0 Å². The quantitative estimate of drug-likeness (QED) is 0.596. The average Bonchev–Trinajstić information content (AvgIpc) is 2.65. The second-order valence-corrected chi connectivity index (χ2v) is 4.95. The Morgan fingerprint density at radius 2 is 1.64 bits per heavy atom. The number of esters is 1. The largest absolute Gasteiger partial charge is 0.493 e. The highest BCUT2D eigenvalue weighted by Gasteiger charge is 2.06. The molecule has 0 aliphatic carbocycles. The van der Waals surface area contributed by atoms with Gasteiger partial charge in [0.2, 0.25) is 0 Å². The Kier molecular flexibility index (Phi) is 6.65. The molecule has 0 saturated carbocycles. The van der Waals surface area contributed by atoms with Gasteiger partial charge in [0.15, 0.2) is 11.5 Å². The number of ether oxygens (including phenoxy) is 3. The summed E-state index contributed by atoms with van der Waals surface area (Å²) in [7, 11) is 2.88. The van der Waals surface area contributed by atoms with Gasteiger partial charge in [-0.15, -0.1) is 0 Å². The fourth-order valence-corrected chi connectivity index (χ4v) is 2.05. The van der Waals surface area contributed by atoms with Gasteiger partial charge in [-0.25, -0.2) is 9.59 Å². The SMILES string of the molecule is COC(=O)c1ccc(NC(=O)NCCOc2ccccc2OC)cc1. The van der Waals surface area contributed by atoms with E-state index in [1.54, 1.807) is 43.5 Å². The summed E-state index contributed by atoms with van der Waals surface area (Å²) >= 11 is 0. The zero-order valence-electron chi connectivity index (χ0n) is 14.1. The van der Waals surface area contributed by atoms with Gasteiger partial charge < -0.3 is 24.8 Å². The second kappa shape index (κ2) is 9.17. The highest BCUT2D eigenvalue weighted by molar-refractivity contribution is 5.92. The summed E-state index contributed by atoms with van der Waals surface area (Å²) in [5.41, 5.74) is 0.981. The lowest BCUT2D eigenvalue weighted by molar-refractivity contribution is 0.0600. The van der Waals surface area contributed by atoms with Gasteiger partial charge in [-0.3, -0.25) is 0 Å². The normalized spacial score (nSPS) is 9.84. The molecule has 0 bridgehead atoms. The van der Waals surface area contributed by atoms with Gasteiger partial charge in [0, 0.05) is 5.69 Å². The Balaban J connectivity index is 1.74. The first kappa shape index (κ1) is 18.1. The maximum atomic E-state index is 11.8. The number of amides is 2. The lowest BCUT2D eigenvalue weighted by atomic mass is 10.2. The molecular weight excluding hydrogens is 324 g/mol. The van der Waals surface area contributed by atoms with Crippen molar-refractivity contribution >= 4 is 17.7 Å². The van der Waals surface area contributed by atoms with E-state index in [1.807, 2.05) is 12.1 Å². The molecule has 0 saturated heterocycles. The monoisotopic (exact) mass is 344 g/mol. The van der Waals surface area contributed by atoms with E-state index >= 15 is 0 Å². The van der Waals surface area contributed by atoms with Gasteiger partial charge in [-0.05, 0) is 36.4 Å². The predicted octanol–water partition coefficient (Wildman–Crippen LogP) is 2.68. The van der Waals surface area contributed by atoms with E-state index in [1.165, 1.54) is 7.11 Å². The van der Waals surface area contributed by atoms with Gasteiger partial charge in [-0.1, -0.05) is 12.1 Å². The summed E-state index contributed by atoms with van der Waals surface area (Å²) in [4.78, 5) is 23.2. The van der Waals surface area contributed by atoms with Crippen molar-refractivity contribution in [1.29, 1.82) is 0 Å². The van der Waals surface area contributed by atoms with Crippen LogP contribution < -0.4 is 20.1 Å². The number of anilines is 1. The molecule has 0 aromatic heterocycles. The second-order valence-electron chi connectivity index (χ2n) is 4.95. The highest BCUT2D eigenvalue weighted by atomic mass is 16.5. The highest BCUT2D eigenvalue weighted by Crippen LogP contribution is 2.25. The van der Waals surface area contributed by atoms with Crippen molar-refractivity contribution in [3.05, 3.63) is 54.1 Å². The minimum atomic E-state index is -0.426. The van der Waals surface area contributed by atoms with Crippen molar-refractivity contribution < 1.29 is 23.8 Å². The molecule has 0 spiro atoms. The van der Waals surface area contributed by atoms with E-state index in [4.69, 9.17) is 9.47 Å². The van der Waals surface area contributed by atoms with E-state index in [-0.39, 0.29) is 6.03 Å². The van der Waals surface area contributed by atoms with Crippen LogP contribution in [-0.2, 0) is 4.74 Å². The van der Waals surface area contributed by atoms with Crippen molar-refractivity contribution in [2.75, 3.05) is 32.7 Å². The summed E-state index contributed by atoms with van der Waals surface area (Å²) < 4.78 is 15.4. The maximum absolute atomic E-state index is 11.8. The number of rotatable bonds is 7. The first-order valence-corrected chi connectivity index (χ1v) is 7.63. The van der Waals surface area contributed by atoms with Crippen molar-refractivity contribution in [3.63, 3.8) is 0 Å². The average molecular weight is 344 g/mol. The number of benzene rings is 2. The van der Waals surface area contributed by atoms with Crippen LogP contribution in [-0.4, -0.2) is 39.4 Å². The Labute approximate surface area is 145 Å². The van der Waals surface area contributed by atoms with Crippen LogP contribution in [0.4, 0.5) is 10.5 Å². The summed E-state index contributed by atoms with van der Waals surface area (Å²) in [6.45, 7) is 0.624. The van der Waals surface area contributed by atoms with Gasteiger partial charge in [0.1, 0.15) is 6.61 Å². The van der Waals surface area contributed by atoms with E-state index in [0.717, 1.165) is 0 Å². The van der Waals surface area contributed by atoms with Crippen LogP contribution in [0.5, 0.6) is 11.5 Å². The lowest BCUT2D eigenvalue weighted by Crippen LogP contribution is -2.32. The molecule has 0 heterocycles. The van der Waals surface area contributed by atoms with E-state index in [9.17, 15) is 9.59 Å². The third kappa shape index (κ3) is 5.42. The first-order chi connectivity index (χ1) is 12.1. The molecule has 2 amide bonds. The number of nitrogens with one attached hydrogen (secondary N) is 2. The summed E-state index contributed by atoms with van der Waals surface area (Å²) in [5, 5.41) is 5.34. The Hall–Kier alpha value is -3.22. The Bertz CT molecular complexity index is 716. The van der Waals surface area contributed by atoms with Crippen LogP contribution in [0.3, 0.4) is 0 Å². The lowest BCUT2D eigenvalue weighted by Gasteiger charge is -2.11. The van der Waals surface area contributed by atoms with Crippen LogP contribution in [0.15, 0.2) is 48.5 Å². The first-order valence-electron chi connectivity index (χ1n) is 7.63. The summed E-state index contributed by atoms with van der Waals surface area (Å²) in [6.07, 6.45) is 0. The van der Waals surface area contributed by atoms with E-state index in [2.05, 4.69) is 15.4 Å². The number of hydrogen-bond donors (Lipinski definition) is 2. The number of urea groups is 1. The van der Waals surface area contributed by atoms with Crippen LogP contribution in [0, 0.1) is 0 Å². The fraction of sp³-hybridized carbons (Fsp3) is 0.222. The van der Waals surface area contributed by atoms with Crippen LogP contribution in [0.1, 0.15) is 10.4 Å². The molecule has 0 aliphatic rings. The molecule has 2 N–H and O–H groups in total. The molecule has 2 aromatic carbocycles. The Morgan fingerprint density at radius 1 is 0.960 bits per heavy atom. The van der Waals surface area contributed by atoms with Crippen LogP contribution in [0.25, 0.3) is 0 Å². The predicted molar refractivity (Wildman–Crippen MR) is 93.3 cm³/mol. The molecule has 2 rings (SSSR count). The third-order valence-corrected chi connectivity index (χ3v) is 3.28. The maximum Gasteiger partial charge on any atom is 0.337 e. The molecule has 0 radical (unpaired) electrons. The van der Waals surface area contributed by atoms with Crippen molar-refractivity contribution in [1.82, 2.24) is 5.32 Å². The topological polar surface area (TPSA) is 85.9 Å². The molecule has 132 valence electrons. The molecule has 0 unspecified atom stereocenters. The zero-order valence-corrected chi connectivity index (χ0v) is 14.1. The molecule has 0 aliphatic heterocycles. The minimum Gasteiger partial charge on any atom is -0.493 e. The molecule has 7 nitrogen and oxygen atoms in total. The smallest absolute Gasteiger partial charge is 0.337 e. The fourth-order valence-electron chi connectivity index (χ4n) is 2.05. The van der Waals surface area contributed by atoms with Crippen molar-refractivity contribution in [2.24, 2.45) is 0 Å². The molecule has 25 heavy (non-hydrogen) atoms. The van der Waals surface area contributed by atoms with E-state index in [0.29, 0.717) is 35.9 Å². The number of hydrogen-bond acceptors (Lipinski definition) is 5. The minimum absolute atomic E-state index is 0.301. The standard InChI is InChI=1S/C18H20N2O5/c1-23-15-5-3-4-6-16(15)25-12-11-19-18(22)20-14-9-7-13(8-10-14)17(21)24-2/h3-10H,11-12H2,1-2H3,(H2,19,20,22).